The fourth-order valence-corrected chi connectivity index (χ4v) is 5.16. The average Bonchev–Trinajstić information content (AvgIpc) is 3.11. The zero-order valence-corrected chi connectivity index (χ0v) is 23.5. The van der Waals surface area contributed by atoms with E-state index in [1.807, 2.05) is 20.8 Å². The molecule has 2 rings (SSSR count). The van der Waals surface area contributed by atoms with Crippen molar-refractivity contribution in [3.63, 3.8) is 0 Å². The standard InChI is InChI=1S/C27H44N4O6/c1-10-12-17(21(32)23(34)28-13-11-2)29-22(33)20-18-16(27(18,8)9)14-31(20)24(35)19(15(3)4)30-25(36)37-26(5,6)7/h11,15-20H,2,10,12-14H2,1,3-9H3,(H,28,34)(H,29,33)(H,30,36)/t16-,17-,18-,19-,20-/m0/s1. The third kappa shape index (κ3) is 7.11. The molecule has 3 N–H and O–H groups in total. The lowest BCUT2D eigenvalue weighted by atomic mass is 9.97. The summed E-state index contributed by atoms with van der Waals surface area (Å²) in [6.07, 6.45) is 1.63. The van der Waals surface area contributed by atoms with Gasteiger partial charge < -0.3 is 25.6 Å². The van der Waals surface area contributed by atoms with Crippen molar-refractivity contribution in [2.75, 3.05) is 13.1 Å². The Kier molecular flexibility index (Phi) is 9.54. The van der Waals surface area contributed by atoms with Crippen LogP contribution in [0.3, 0.4) is 0 Å². The average molecular weight is 521 g/mol. The topological polar surface area (TPSA) is 134 Å². The van der Waals surface area contributed by atoms with Gasteiger partial charge in [-0.1, -0.05) is 47.1 Å². The highest BCUT2D eigenvalue weighted by atomic mass is 16.6. The maximum atomic E-state index is 13.7. The van der Waals surface area contributed by atoms with E-state index in [1.165, 1.54) is 11.0 Å². The molecular formula is C27H44N4O6. The molecular weight excluding hydrogens is 476 g/mol. The molecule has 1 aliphatic carbocycles. The number of rotatable bonds is 11. The van der Waals surface area contributed by atoms with Gasteiger partial charge in [-0.3, -0.25) is 19.2 Å². The number of nitrogens with zero attached hydrogens (tertiary/aromatic N) is 1. The van der Waals surface area contributed by atoms with Gasteiger partial charge in [-0.2, -0.15) is 0 Å². The molecule has 0 bridgehead atoms. The van der Waals surface area contributed by atoms with Crippen LogP contribution >= 0.6 is 0 Å². The van der Waals surface area contributed by atoms with Crippen molar-refractivity contribution in [1.29, 1.82) is 0 Å². The number of nitrogens with one attached hydrogen (secondary N) is 3. The van der Waals surface area contributed by atoms with Crippen molar-refractivity contribution in [2.24, 2.45) is 23.2 Å². The monoisotopic (exact) mass is 520 g/mol. The van der Waals surface area contributed by atoms with E-state index in [0.717, 1.165) is 0 Å². The van der Waals surface area contributed by atoms with E-state index in [-0.39, 0.29) is 35.6 Å². The van der Waals surface area contributed by atoms with E-state index >= 15 is 0 Å². The third-order valence-corrected chi connectivity index (χ3v) is 7.21. The van der Waals surface area contributed by atoms with E-state index in [9.17, 15) is 24.0 Å². The van der Waals surface area contributed by atoms with E-state index in [4.69, 9.17) is 4.74 Å². The van der Waals surface area contributed by atoms with Crippen LogP contribution in [0, 0.1) is 23.2 Å². The van der Waals surface area contributed by atoms with Crippen LogP contribution in [0.4, 0.5) is 4.79 Å². The lowest BCUT2D eigenvalue weighted by Gasteiger charge is -2.35. The first-order chi connectivity index (χ1) is 17.1. The van der Waals surface area contributed by atoms with Gasteiger partial charge in [0.25, 0.3) is 5.91 Å². The van der Waals surface area contributed by atoms with Crippen LogP contribution < -0.4 is 16.0 Å². The number of Topliss-reactive ketones (excluding diaryl/α,β-unsaturated/α-hetero) is 1. The number of amides is 4. The SMILES string of the molecule is C=CCNC(=O)C(=O)[C@H](CCC)NC(=O)[C@@H]1[C@@H]2[C@H](CN1C(=O)[C@@H](NC(=O)OC(C)(C)C)C(C)C)C2(C)C. The lowest BCUT2D eigenvalue weighted by molar-refractivity contribution is -0.144. The van der Waals surface area contributed by atoms with Gasteiger partial charge in [0.1, 0.15) is 17.7 Å². The van der Waals surface area contributed by atoms with E-state index in [0.29, 0.717) is 19.4 Å². The number of carbonyl (C=O) groups excluding carboxylic acids is 5. The molecule has 4 amide bonds. The Hall–Kier alpha value is -2.91. The highest BCUT2D eigenvalue weighted by Gasteiger charge is 2.69. The summed E-state index contributed by atoms with van der Waals surface area (Å²) in [7, 11) is 0. The minimum atomic E-state index is -0.999. The molecule has 0 spiro atoms. The number of likely N-dealkylation sites (tertiary alicyclic amines) is 1. The first kappa shape index (κ1) is 30.3. The minimum Gasteiger partial charge on any atom is -0.444 e. The molecule has 0 radical (unpaired) electrons. The van der Waals surface area contributed by atoms with Crippen molar-refractivity contribution >= 4 is 29.6 Å². The van der Waals surface area contributed by atoms with Crippen LogP contribution in [0.2, 0.25) is 0 Å². The van der Waals surface area contributed by atoms with Crippen LogP contribution in [-0.2, 0) is 23.9 Å². The Balaban J connectivity index is 2.25. The van der Waals surface area contributed by atoms with Crippen molar-refractivity contribution in [3.05, 3.63) is 12.7 Å². The fraction of sp³-hybridized carbons (Fsp3) is 0.741. The summed E-state index contributed by atoms with van der Waals surface area (Å²) < 4.78 is 5.34. The number of ketones is 1. The molecule has 10 nitrogen and oxygen atoms in total. The van der Waals surface area contributed by atoms with Crippen molar-refractivity contribution in [3.8, 4) is 0 Å². The van der Waals surface area contributed by atoms with E-state index in [1.54, 1.807) is 20.8 Å². The summed E-state index contributed by atoms with van der Waals surface area (Å²) in [5.74, 6) is -2.57. The predicted molar refractivity (Wildman–Crippen MR) is 139 cm³/mol. The van der Waals surface area contributed by atoms with Crippen LogP contribution in [0.1, 0.15) is 68.2 Å². The Bertz CT molecular complexity index is 922. The highest BCUT2D eigenvalue weighted by Crippen LogP contribution is 2.65. The van der Waals surface area contributed by atoms with E-state index < -0.39 is 47.4 Å². The van der Waals surface area contributed by atoms with Gasteiger partial charge in [0.15, 0.2) is 0 Å². The number of fused-ring (bicyclic) bond motifs is 1. The second-order valence-electron chi connectivity index (χ2n) is 12.0. The lowest BCUT2D eigenvalue weighted by Crippen LogP contribution is -2.59. The van der Waals surface area contributed by atoms with Crippen molar-refractivity contribution in [2.45, 2.75) is 92.0 Å². The second kappa shape index (κ2) is 11.6. The molecule has 37 heavy (non-hydrogen) atoms. The summed E-state index contributed by atoms with van der Waals surface area (Å²) in [4.78, 5) is 66.3. The van der Waals surface area contributed by atoms with Crippen LogP contribution in [-0.4, -0.2) is 71.3 Å². The van der Waals surface area contributed by atoms with Crippen molar-refractivity contribution < 1.29 is 28.7 Å². The predicted octanol–water partition coefficient (Wildman–Crippen LogP) is 2.17. The van der Waals surface area contributed by atoms with Gasteiger partial charge in [-0.05, 0) is 50.4 Å². The zero-order valence-electron chi connectivity index (χ0n) is 23.5. The molecule has 208 valence electrons. The largest absolute Gasteiger partial charge is 0.444 e. The fourth-order valence-electron chi connectivity index (χ4n) is 5.16. The molecule has 1 saturated carbocycles. The first-order valence-corrected chi connectivity index (χ1v) is 13.1. The molecule has 2 aliphatic rings. The number of hydrogen-bond acceptors (Lipinski definition) is 6. The van der Waals surface area contributed by atoms with Gasteiger partial charge in [0.05, 0.1) is 6.04 Å². The molecule has 10 heteroatoms. The molecule has 1 heterocycles. The Labute approximate surface area is 220 Å². The Morgan fingerprint density at radius 3 is 2.27 bits per heavy atom. The molecule has 0 aromatic carbocycles. The quantitative estimate of drug-likeness (QED) is 0.282. The maximum Gasteiger partial charge on any atom is 0.408 e. The van der Waals surface area contributed by atoms with Crippen LogP contribution in [0.25, 0.3) is 0 Å². The molecule has 1 saturated heterocycles. The number of carbonyl (C=O) groups is 5. The molecule has 2 fully saturated rings. The number of ether oxygens (including phenoxy) is 1. The van der Waals surface area contributed by atoms with Gasteiger partial charge in [0, 0.05) is 13.1 Å². The smallest absolute Gasteiger partial charge is 0.408 e. The van der Waals surface area contributed by atoms with Crippen molar-refractivity contribution in [1.82, 2.24) is 20.9 Å². The van der Waals surface area contributed by atoms with Crippen LogP contribution in [0.5, 0.6) is 0 Å². The van der Waals surface area contributed by atoms with Gasteiger partial charge >= 0.3 is 6.09 Å². The summed E-state index contributed by atoms with van der Waals surface area (Å²) in [6, 6.07) is -2.69. The molecule has 0 aromatic rings. The summed E-state index contributed by atoms with van der Waals surface area (Å²) >= 11 is 0. The van der Waals surface area contributed by atoms with Gasteiger partial charge in [0.2, 0.25) is 17.6 Å². The Morgan fingerprint density at radius 2 is 1.76 bits per heavy atom. The molecule has 1 aliphatic heterocycles. The number of piperidine rings is 1. The third-order valence-electron chi connectivity index (χ3n) is 7.21. The van der Waals surface area contributed by atoms with Crippen LogP contribution in [0.15, 0.2) is 12.7 Å². The summed E-state index contributed by atoms with van der Waals surface area (Å²) in [6.45, 7) is 18.8. The molecule has 0 aromatic heterocycles. The first-order valence-electron chi connectivity index (χ1n) is 13.1. The normalized spacial score (nSPS) is 23.4. The minimum absolute atomic E-state index is 0.0854. The molecule has 0 unspecified atom stereocenters. The Morgan fingerprint density at radius 1 is 1.14 bits per heavy atom. The number of alkyl carbamates (subject to hydrolysis) is 1. The zero-order chi connectivity index (χ0) is 28.3. The van der Waals surface area contributed by atoms with Gasteiger partial charge in [-0.15, -0.1) is 6.58 Å². The maximum absolute atomic E-state index is 13.7. The summed E-state index contributed by atoms with van der Waals surface area (Å²) in [5, 5.41) is 7.89. The number of hydrogen-bond donors (Lipinski definition) is 3. The second-order valence-corrected chi connectivity index (χ2v) is 12.0. The van der Waals surface area contributed by atoms with Gasteiger partial charge in [-0.25, -0.2) is 4.79 Å². The van der Waals surface area contributed by atoms with E-state index in [2.05, 4.69) is 36.4 Å². The molecule has 5 atom stereocenters. The summed E-state index contributed by atoms with van der Waals surface area (Å²) in [5.41, 5.74) is -0.870. The highest BCUT2D eigenvalue weighted by molar-refractivity contribution is 6.38.